The zero-order chi connectivity index (χ0) is 16.7. The fraction of sp³-hybridized carbons (Fsp3) is 0.529. The van der Waals surface area contributed by atoms with Crippen LogP contribution in [0.15, 0.2) is 24.3 Å². The molecule has 0 bridgehead atoms. The molecule has 6 nitrogen and oxygen atoms in total. The molecular weight excluding hydrogens is 330 g/mol. The fourth-order valence-electron chi connectivity index (χ4n) is 2.77. The summed E-state index contributed by atoms with van der Waals surface area (Å²) in [6.45, 7) is 4.02. The third-order valence-corrected chi connectivity index (χ3v) is 4.04. The highest BCUT2D eigenvalue weighted by Crippen LogP contribution is 2.15. The van der Waals surface area contributed by atoms with Gasteiger partial charge in [0.2, 0.25) is 5.91 Å². The number of phenolic OH excluding ortho intramolecular Hbond substituents is 1. The first-order valence-corrected chi connectivity index (χ1v) is 8.14. The SMILES string of the molecule is C[C@H]1C[C@@H](C(=O)NCCCNC(=O)c2cccc(O)c2)CCN1.Cl. The Labute approximate surface area is 148 Å². The third kappa shape index (κ3) is 6.37. The summed E-state index contributed by atoms with van der Waals surface area (Å²) in [5.41, 5.74) is 0.428. The van der Waals surface area contributed by atoms with Gasteiger partial charge in [-0.15, -0.1) is 12.4 Å². The summed E-state index contributed by atoms with van der Waals surface area (Å²) in [7, 11) is 0. The minimum Gasteiger partial charge on any atom is -0.508 e. The molecule has 2 rings (SSSR count). The summed E-state index contributed by atoms with van der Waals surface area (Å²) in [5, 5.41) is 18.4. The lowest BCUT2D eigenvalue weighted by Gasteiger charge is -2.27. The number of halogens is 1. The molecule has 24 heavy (non-hydrogen) atoms. The van der Waals surface area contributed by atoms with E-state index in [2.05, 4.69) is 22.9 Å². The van der Waals surface area contributed by atoms with E-state index in [1.807, 2.05) is 0 Å². The van der Waals surface area contributed by atoms with Crippen LogP contribution >= 0.6 is 12.4 Å². The van der Waals surface area contributed by atoms with Gasteiger partial charge in [-0.25, -0.2) is 0 Å². The normalized spacial score (nSPS) is 19.9. The second-order valence-corrected chi connectivity index (χ2v) is 6.03. The van der Waals surface area contributed by atoms with E-state index in [4.69, 9.17) is 0 Å². The van der Waals surface area contributed by atoms with Crippen LogP contribution < -0.4 is 16.0 Å². The molecule has 0 aromatic heterocycles. The van der Waals surface area contributed by atoms with Crippen molar-refractivity contribution in [3.8, 4) is 5.75 Å². The molecule has 4 N–H and O–H groups in total. The Balaban J connectivity index is 0.00000288. The van der Waals surface area contributed by atoms with E-state index in [0.29, 0.717) is 31.1 Å². The van der Waals surface area contributed by atoms with Crippen LogP contribution in [0.3, 0.4) is 0 Å². The van der Waals surface area contributed by atoms with Crippen molar-refractivity contribution in [1.82, 2.24) is 16.0 Å². The zero-order valence-corrected chi connectivity index (χ0v) is 14.7. The largest absolute Gasteiger partial charge is 0.508 e. The van der Waals surface area contributed by atoms with Gasteiger partial charge in [-0.2, -0.15) is 0 Å². The average Bonchev–Trinajstić information content (AvgIpc) is 2.54. The molecule has 1 aromatic rings. The Morgan fingerprint density at radius 1 is 1.29 bits per heavy atom. The smallest absolute Gasteiger partial charge is 0.251 e. The Kier molecular flexibility index (Phi) is 8.57. The van der Waals surface area contributed by atoms with Gasteiger partial charge in [0, 0.05) is 30.6 Å². The molecule has 2 atom stereocenters. The molecule has 2 amide bonds. The molecule has 0 aliphatic carbocycles. The third-order valence-electron chi connectivity index (χ3n) is 4.04. The highest BCUT2D eigenvalue weighted by Gasteiger charge is 2.24. The Morgan fingerprint density at radius 3 is 2.75 bits per heavy atom. The van der Waals surface area contributed by atoms with Crippen molar-refractivity contribution < 1.29 is 14.7 Å². The molecule has 1 aliphatic heterocycles. The Bertz CT molecular complexity index is 554. The van der Waals surface area contributed by atoms with Crippen molar-refractivity contribution in [3.05, 3.63) is 29.8 Å². The Hall–Kier alpha value is -1.79. The standard InChI is InChI=1S/C17H25N3O3.ClH/c1-12-10-14(6-9-18-12)17(23)20-8-3-7-19-16(22)13-4-2-5-15(21)11-13;/h2,4-5,11-12,14,18,21H,3,6-10H2,1H3,(H,19,22)(H,20,23);1H/t12-,14-;/m0./s1. The zero-order valence-electron chi connectivity index (χ0n) is 13.9. The highest BCUT2D eigenvalue weighted by molar-refractivity contribution is 5.94. The van der Waals surface area contributed by atoms with Gasteiger partial charge in [-0.05, 0) is 50.9 Å². The van der Waals surface area contributed by atoms with Crippen LogP contribution in [-0.4, -0.2) is 42.6 Å². The molecule has 1 aliphatic rings. The fourth-order valence-corrected chi connectivity index (χ4v) is 2.77. The maximum atomic E-state index is 12.0. The van der Waals surface area contributed by atoms with Gasteiger partial charge in [-0.1, -0.05) is 6.07 Å². The second kappa shape index (κ2) is 10.2. The molecule has 1 saturated heterocycles. The molecule has 134 valence electrons. The molecule has 1 heterocycles. The summed E-state index contributed by atoms with van der Waals surface area (Å²) in [6, 6.07) is 6.62. The van der Waals surface area contributed by atoms with Gasteiger partial charge in [0.1, 0.15) is 5.75 Å². The maximum absolute atomic E-state index is 12.0. The monoisotopic (exact) mass is 355 g/mol. The molecule has 0 spiro atoms. The van der Waals surface area contributed by atoms with Crippen LogP contribution in [-0.2, 0) is 4.79 Å². The first kappa shape index (κ1) is 20.3. The Morgan fingerprint density at radius 2 is 2.04 bits per heavy atom. The molecule has 0 saturated carbocycles. The van der Waals surface area contributed by atoms with E-state index in [0.717, 1.165) is 19.4 Å². The van der Waals surface area contributed by atoms with Gasteiger partial charge in [0.25, 0.3) is 5.91 Å². The minimum absolute atomic E-state index is 0. The number of piperidine rings is 1. The van der Waals surface area contributed by atoms with Gasteiger partial charge in [0.15, 0.2) is 0 Å². The summed E-state index contributed by atoms with van der Waals surface area (Å²) < 4.78 is 0. The van der Waals surface area contributed by atoms with Gasteiger partial charge in [-0.3, -0.25) is 9.59 Å². The number of nitrogens with one attached hydrogen (secondary N) is 3. The van der Waals surface area contributed by atoms with Gasteiger partial charge < -0.3 is 21.1 Å². The maximum Gasteiger partial charge on any atom is 0.251 e. The number of carbonyl (C=O) groups excluding carboxylic acids is 2. The number of benzene rings is 1. The van der Waals surface area contributed by atoms with E-state index in [-0.39, 0.29) is 35.9 Å². The highest BCUT2D eigenvalue weighted by atomic mass is 35.5. The number of hydrogen-bond donors (Lipinski definition) is 4. The minimum atomic E-state index is -0.223. The van der Waals surface area contributed by atoms with Gasteiger partial charge in [0.05, 0.1) is 0 Å². The predicted molar refractivity (Wildman–Crippen MR) is 95.5 cm³/mol. The number of phenols is 1. The lowest BCUT2D eigenvalue weighted by atomic mass is 9.92. The summed E-state index contributed by atoms with van der Waals surface area (Å²) >= 11 is 0. The summed E-state index contributed by atoms with van der Waals surface area (Å²) in [6.07, 6.45) is 2.43. The van der Waals surface area contributed by atoms with E-state index in [9.17, 15) is 14.7 Å². The number of hydrogen-bond acceptors (Lipinski definition) is 4. The molecule has 1 fully saturated rings. The average molecular weight is 356 g/mol. The van der Waals surface area contributed by atoms with E-state index in [1.54, 1.807) is 12.1 Å². The van der Waals surface area contributed by atoms with E-state index in [1.165, 1.54) is 12.1 Å². The quantitative estimate of drug-likeness (QED) is 0.581. The van der Waals surface area contributed by atoms with Crippen molar-refractivity contribution in [3.63, 3.8) is 0 Å². The lowest BCUT2D eigenvalue weighted by molar-refractivity contribution is -0.126. The molecular formula is C17H26ClN3O3. The van der Waals surface area contributed by atoms with Crippen molar-refractivity contribution in [1.29, 1.82) is 0 Å². The predicted octanol–water partition coefficient (Wildman–Crippen LogP) is 1.44. The lowest BCUT2D eigenvalue weighted by Crippen LogP contribution is -2.42. The van der Waals surface area contributed by atoms with E-state index >= 15 is 0 Å². The second-order valence-electron chi connectivity index (χ2n) is 6.03. The van der Waals surface area contributed by atoms with Crippen molar-refractivity contribution in [2.24, 2.45) is 5.92 Å². The number of rotatable bonds is 6. The molecule has 7 heteroatoms. The van der Waals surface area contributed by atoms with Crippen LogP contribution in [0, 0.1) is 5.92 Å². The van der Waals surface area contributed by atoms with E-state index < -0.39 is 0 Å². The van der Waals surface area contributed by atoms with Gasteiger partial charge >= 0.3 is 0 Å². The van der Waals surface area contributed by atoms with Crippen LogP contribution in [0.5, 0.6) is 5.75 Å². The number of carbonyl (C=O) groups is 2. The summed E-state index contributed by atoms with van der Waals surface area (Å²) in [5.74, 6) is 0.0475. The molecule has 0 unspecified atom stereocenters. The molecule has 0 radical (unpaired) electrons. The first-order valence-electron chi connectivity index (χ1n) is 8.14. The van der Waals surface area contributed by atoms with Crippen molar-refractivity contribution >= 4 is 24.2 Å². The van der Waals surface area contributed by atoms with Crippen LogP contribution in [0.1, 0.15) is 36.5 Å². The van der Waals surface area contributed by atoms with Crippen molar-refractivity contribution in [2.45, 2.75) is 32.2 Å². The van der Waals surface area contributed by atoms with Crippen LogP contribution in [0.2, 0.25) is 0 Å². The molecule has 1 aromatic carbocycles. The summed E-state index contributed by atoms with van der Waals surface area (Å²) in [4.78, 5) is 23.9. The number of amides is 2. The van der Waals surface area contributed by atoms with Crippen LogP contribution in [0.4, 0.5) is 0 Å². The van der Waals surface area contributed by atoms with Crippen LogP contribution in [0.25, 0.3) is 0 Å². The number of aromatic hydroxyl groups is 1. The first-order chi connectivity index (χ1) is 11.1. The topological polar surface area (TPSA) is 90.5 Å². The van der Waals surface area contributed by atoms with Crippen molar-refractivity contribution in [2.75, 3.05) is 19.6 Å².